The maximum absolute atomic E-state index is 6.90. The van der Waals surface area contributed by atoms with Crippen LogP contribution >= 0.6 is 11.3 Å². The first kappa shape index (κ1) is 43.3. The Morgan fingerprint density at radius 1 is 0.559 bits per heavy atom. The molecule has 0 saturated heterocycles. The van der Waals surface area contributed by atoms with Crippen molar-refractivity contribution in [1.29, 1.82) is 0 Å². The molecule has 1 radical (unpaired) electrons. The van der Waals surface area contributed by atoms with Gasteiger partial charge in [0.15, 0.2) is 0 Å². The van der Waals surface area contributed by atoms with Crippen molar-refractivity contribution in [1.82, 2.24) is 4.57 Å². The highest BCUT2D eigenvalue weighted by molar-refractivity contribution is 7.29. The molecule has 0 saturated carbocycles. The number of nitrogens with zero attached hydrogens (tertiary/aromatic N) is 1. The summed E-state index contributed by atoms with van der Waals surface area (Å²) < 4.78 is 12.2. The van der Waals surface area contributed by atoms with E-state index in [1.54, 1.807) is 0 Å². The Hall–Kier alpha value is -6.04. The van der Waals surface area contributed by atoms with Gasteiger partial charge in [-0.1, -0.05) is 158 Å². The first-order valence-corrected chi connectivity index (χ1v) is 25.4. The molecule has 7 aromatic carbocycles. The molecular formula is C63H62BN2OS. The van der Waals surface area contributed by atoms with Crippen LogP contribution in [0.15, 0.2) is 120 Å². The number of rotatable bonds is 3. The van der Waals surface area contributed by atoms with Crippen molar-refractivity contribution >= 4 is 94.1 Å². The summed E-state index contributed by atoms with van der Waals surface area (Å²) >= 11 is 1.92. The molecule has 4 heterocycles. The van der Waals surface area contributed by atoms with Crippen LogP contribution in [0.5, 0.6) is 0 Å². The zero-order valence-electron chi connectivity index (χ0n) is 42.3. The van der Waals surface area contributed by atoms with Crippen molar-refractivity contribution in [3.8, 4) is 27.9 Å². The number of anilines is 2. The van der Waals surface area contributed by atoms with Crippen molar-refractivity contribution in [2.24, 2.45) is 0 Å². The number of hydrogen-bond acceptors (Lipinski definition) is 3. The number of nitrogens with one attached hydrogen (secondary N) is 1. The van der Waals surface area contributed by atoms with Gasteiger partial charge in [0.2, 0.25) is 7.28 Å². The van der Waals surface area contributed by atoms with Crippen molar-refractivity contribution < 1.29 is 4.42 Å². The van der Waals surface area contributed by atoms with Crippen LogP contribution in [0.3, 0.4) is 0 Å². The lowest BCUT2D eigenvalue weighted by molar-refractivity contribution is 0.587. The quantitative estimate of drug-likeness (QED) is 0.179. The van der Waals surface area contributed by atoms with Crippen LogP contribution in [0, 0.1) is 0 Å². The molecule has 12 rings (SSSR count). The summed E-state index contributed by atoms with van der Waals surface area (Å²) in [6.45, 7) is 32.6. The maximum Gasteiger partial charge on any atom is 0.211 e. The highest BCUT2D eigenvalue weighted by Gasteiger charge is 2.43. The van der Waals surface area contributed by atoms with Gasteiger partial charge in [-0.05, 0) is 131 Å². The number of benzene rings is 7. The summed E-state index contributed by atoms with van der Waals surface area (Å²) in [7, 11) is 2.56. The van der Waals surface area contributed by atoms with Crippen LogP contribution < -0.4 is 15.6 Å². The number of furan rings is 1. The van der Waals surface area contributed by atoms with E-state index in [2.05, 4.69) is 229 Å². The van der Waals surface area contributed by atoms with Crippen molar-refractivity contribution in [2.75, 3.05) is 5.32 Å². The molecule has 3 nitrogen and oxygen atoms in total. The summed E-state index contributed by atoms with van der Waals surface area (Å²) in [5.74, 6) is 0. The first-order valence-electron chi connectivity index (χ1n) is 24.6. The second-order valence-electron chi connectivity index (χ2n) is 24.6. The van der Waals surface area contributed by atoms with Gasteiger partial charge in [-0.25, -0.2) is 0 Å². The first-order chi connectivity index (χ1) is 32.0. The zero-order chi connectivity index (χ0) is 47.8. The van der Waals surface area contributed by atoms with E-state index in [9.17, 15) is 0 Å². The molecule has 3 aromatic heterocycles. The van der Waals surface area contributed by atoms with E-state index < -0.39 is 0 Å². The van der Waals surface area contributed by atoms with Gasteiger partial charge in [0, 0.05) is 59.9 Å². The fourth-order valence-electron chi connectivity index (χ4n) is 11.5. The minimum Gasteiger partial charge on any atom is -0.456 e. The summed E-state index contributed by atoms with van der Waals surface area (Å²) in [4.78, 5) is 0. The highest BCUT2D eigenvalue weighted by Crippen LogP contribution is 2.58. The van der Waals surface area contributed by atoms with E-state index in [1.165, 1.54) is 103 Å². The van der Waals surface area contributed by atoms with Gasteiger partial charge in [0.1, 0.15) is 11.2 Å². The molecule has 0 amide bonds. The largest absolute Gasteiger partial charge is 0.456 e. The molecular weight excluding hydrogens is 844 g/mol. The van der Waals surface area contributed by atoms with E-state index in [4.69, 9.17) is 4.42 Å². The number of aromatic nitrogens is 1. The molecule has 10 aromatic rings. The van der Waals surface area contributed by atoms with Crippen molar-refractivity contribution in [3.05, 3.63) is 149 Å². The minimum absolute atomic E-state index is 0.00915. The fraction of sp³-hybridized carbons (Fsp3) is 0.302. The predicted molar refractivity (Wildman–Crippen MR) is 296 cm³/mol. The molecule has 0 fully saturated rings. The van der Waals surface area contributed by atoms with Crippen LogP contribution in [-0.2, 0) is 27.1 Å². The summed E-state index contributed by atoms with van der Waals surface area (Å²) in [5.41, 5.74) is 21.9. The molecule has 2 aliphatic rings. The Kier molecular flexibility index (Phi) is 8.93. The zero-order valence-corrected chi connectivity index (χ0v) is 43.1. The molecule has 0 bridgehead atoms. The van der Waals surface area contributed by atoms with Crippen molar-refractivity contribution in [3.63, 3.8) is 0 Å². The Morgan fingerprint density at radius 3 is 1.85 bits per heavy atom. The third kappa shape index (κ3) is 6.30. The Balaban J connectivity index is 1.26. The van der Waals surface area contributed by atoms with E-state index in [-0.39, 0.29) is 27.1 Å². The highest BCUT2D eigenvalue weighted by atomic mass is 32.1. The van der Waals surface area contributed by atoms with Gasteiger partial charge < -0.3 is 14.3 Å². The molecule has 1 aliphatic heterocycles. The van der Waals surface area contributed by atoms with Crippen molar-refractivity contribution in [2.45, 2.75) is 124 Å². The predicted octanol–water partition coefficient (Wildman–Crippen LogP) is 16.8. The average Bonchev–Trinajstić information content (AvgIpc) is 3.98. The van der Waals surface area contributed by atoms with Gasteiger partial charge in [-0.2, -0.15) is 0 Å². The molecule has 0 atom stereocenters. The van der Waals surface area contributed by atoms with Gasteiger partial charge in [-0.15, -0.1) is 11.3 Å². The lowest BCUT2D eigenvalue weighted by Crippen LogP contribution is -2.36. The number of fused-ring (bicyclic) bond motifs is 14. The van der Waals surface area contributed by atoms with Crippen LogP contribution in [0.1, 0.15) is 130 Å². The molecule has 339 valence electrons. The second kappa shape index (κ2) is 14.0. The normalized spacial score (nSPS) is 14.6. The monoisotopic (exact) mass is 905 g/mol. The number of hydrogen-bond donors (Lipinski definition) is 1. The molecule has 68 heavy (non-hydrogen) atoms. The Bertz CT molecular complexity index is 3790. The lowest BCUT2D eigenvalue weighted by atomic mass is 9.61. The molecule has 5 heteroatoms. The smallest absolute Gasteiger partial charge is 0.211 e. The Labute approximate surface area is 406 Å². The van der Waals surface area contributed by atoms with E-state index >= 15 is 0 Å². The van der Waals surface area contributed by atoms with Gasteiger partial charge >= 0.3 is 0 Å². The fourth-order valence-corrected chi connectivity index (χ4v) is 12.6. The lowest BCUT2D eigenvalue weighted by Gasteiger charge is -2.28. The van der Waals surface area contributed by atoms with Crippen LogP contribution in [0.4, 0.5) is 11.4 Å². The summed E-state index contributed by atoms with van der Waals surface area (Å²) in [6, 6.07) is 44.3. The maximum atomic E-state index is 6.90. The van der Waals surface area contributed by atoms with Gasteiger partial charge in [-0.3, -0.25) is 0 Å². The standard InChI is InChI=1S/C63H62BN2OS/c1-59(2,3)34-19-24-38(25-20-34)65-46-33-49-41(39-26-21-37(62(10,11)12)31-48(39)67-49)32-42(46)52-51-40-17-15-16-18-45(40)63(13,14)54(51)53-43-29-35(60(4,5)6)22-27-47(43)66-56-44-30-36(61(7,8)9)23-28-50(44)68-58(56)64-55(52)57(53)66/h15-33,65H,1-14H3. The van der Waals surface area contributed by atoms with Crippen LogP contribution in [0.25, 0.3) is 81.8 Å². The molecule has 0 unspecified atom stereocenters. The SMILES string of the molecule is CC(C)(C)c1ccc(Nc2cc3oc4cc(C(C)(C)C)ccc4c3cc2-c2c3c(c4c5cc(C(C)(C)C)ccc5n5c4c2[B]c2sc4ccc(C(C)(C)C)cc4c2-5)C(C)(C)c2ccccc2-3)cc1. The summed E-state index contributed by atoms with van der Waals surface area (Å²) in [6.07, 6.45) is 0. The topological polar surface area (TPSA) is 30.1 Å². The van der Waals surface area contributed by atoms with Crippen LogP contribution in [0.2, 0.25) is 0 Å². The third-order valence-electron chi connectivity index (χ3n) is 15.4. The Morgan fingerprint density at radius 2 is 1.16 bits per heavy atom. The summed E-state index contributed by atoms with van der Waals surface area (Å²) in [5, 5.41) is 10.3. The van der Waals surface area contributed by atoms with Crippen LogP contribution in [-0.4, -0.2) is 11.8 Å². The third-order valence-corrected chi connectivity index (χ3v) is 16.5. The van der Waals surface area contributed by atoms with E-state index in [1.807, 2.05) is 11.3 Å². The van der Waals surface area contributed by atoms with E-state index in [0.29, 0.717) is 0 Å². The van der Waals surface area contributed by atoms with E-state index in [0.717, 1.165) is 33.3 Å². The second-order valence-corrected chi connectivity index (χ2v) is 25.7. The average molecular weight is 906 g/mol. The molecule has 0 spiro atoms. The van der Waals surface area contributed by atoms with Gasteiger partial charge in [0.25, 0.3) is 0 Å². The van der Waals surface area contributed by atoms with Gasteiger partial charge in [0.05, 0.1) is 16.9 Å². The molecule has 1 aliphatic carbocycles. The minimum atomic E-state index is -0.293. The number of thiophene rings is 1. The molecule has 1 N–H and O–H groups in total.